The molecule has 0 atom stereocenters. The van der Waals surface area contributed by atoms with Crippen molar-refractivity contribution in [2.45, 2.75) is 45.2 Å². The molecule has 3 heterocycles. The Morgan fingerprint density at radius 1 is 1.03 bits per heavy atom. The number of aromatic nitrogens is 5. The zero-order valence-electron chi connectivity index (χ0n) is 21.6. The van der Waals surface area contributed by atoms with Crippen molar-refractivity contribution in [1.82, 2.24) is 29.6 Å². The lowest BCUT2D eigenvalue weighted by Crippen LogP contribution is -2.39. The Morgan fingerprint density at radius 3 is 2.59 bits per heavy atom. The number of carbonyl (C=O) groups excluding carboxylic acids is 1. The molecule has 0 aliphatic heterocycles. The van der Waals surface area contributed by atoms with Crippen LogP contribution in [0, 0.1) is 12.8 Å². The van der Waals surface area contributed by atoms with Crippen LogP contribution in [0.2, 0.25) is 5.02 Å². The number of halogens is 1. The van der Waals surface area contributed by atoms with Crippen LogP contribution in [0.15, 0.2) is 78.0 Å². The fraction of sp³-hybridized carbons (Fsp3) is 0.267. The van der Waals surface area contributed by atoms with Gasteiger partial charge < -0.3 is 5.32 Å². The topological polar surface area (TPSA) is 97.6 Å². The number of pyridine rings is 1. The van der Waals surface area contributed by atoms with Crippen LogP contribution in [0.25, 0.3) is 27.8 Å². The molecule has 0 unspecified atom stereocenters. The highest BCUT2D eigenvalue weighted by atomic mass is 35.5. The fourth-order valence-corrected chi connectivity index (χ4v) is 5.77. The summed E-state index contributed by atoms with van der Waals surface area (Å²) in [4.78, 5) is 30.8. The first-order valence-corrected chi connectivity index (χ1v) is 13.6. The van der Waals surface area contributed by atoms with Gasteiger partial charge in [-0.3, -0.25) is 24.0 Å². The predicted octanol–water partition coefficient (Wildman–Crippen LogP) is 5.53. The van der Waals surface area contributed by atoms with Crippen LogP contribution >= 0.6 is 11.6 Å². The van der Waals surface area contributed by atoms with E-state index in [0.29, 0.717) is 28.7 Å². The average Bonchev–Trinajstić information content (AvgIpc) is 3.58. The minimum absolute atomic E-state index is 0.0418. The van der Waals surface area contributed by atoms with Gasteiger partial charge in [0.2, 0.25) is 0 Å². The lowest BCUT2D eigenvalue weighted by molar-refractivity contribution is 0.0919. The number of para-hydroxylation sites is 2. The van der Waals surface area contributed by atoms with Gasteiger partial charge in [0.25, 0.3) is 5.91 Å². The number of aromatic amines is 1. The number of aryl methyl sites for hydroxylation is 1. The van der Waals surface area contributed by atoms with Gasteiger partial charge in [-0.1, -0.05) is 35.9 Å². The Morgan fingerprint density at radius 2 is 1.82 bits per heavy atom. The molecule has 1 saturated carbocycles. The van der Waals surface area contributed by atoms with E-state index in [-0.39, 0.29) is 17.6 Å². The summed E-state index contributed by atoms with van der Waals surface area (Å²) in [5, 5.41) is 10.5. The second-order valence-electron chi connectivity index (χ2n) is 10.2. The molecule has 0 radical (unpaired) electrons. The monoisotopic (exact) mass is 540 g/mol. The summed E-state index contributed by atoms with van der Waals surface area (Å²) in [6, 6.07) is 17.7. The van der Waals surface area contributed by atoms with E-state index in [1.807, 2.05) is 66.2 Å². The van der Waals surface area contributed by atoms with Crippen LogP contribution in [0.1, 0.15) is 41.7 Å². The van der Waals surface area contributed by atoms with Gasteiger partial charge in [-0.15, -0.1) is 0 Å². The number of benzene rings is 2. The maximum absolute atomic E-state index is 13.8. The van der Waals surface area contributed by atoms with Gasteiger partial charge in [-0.25, -0.2) is 4.79 Å². The molecule has 0 bridgehead atoms. The molecule has 1 amide bonds. The molecule has 0 spiro atoms. The van der Waals surface area contributed by atoms with Gasteiger partial charge >= 0.3 is 5.69 Å². The molecule has 1 fully saturated rings. The van der Waals surface area contributed by atoms with Crippen LogP contribution in [0.5, 0.6) is 0 Å². The summed E-state index contributed by atoms with van der Waals surface area (Å²) in [5.41, 5.74) is 5.74. The normalized spacial score (nSPS) is 17.4. The molecule has 0 saturated heterocycles. The Hall–Kier alpha value is -4.17. The fourth-order valence-electron chi connectivity index (χ4n) is 5.62. The third kappa shape index (κ3) is 5.00. The van der Waals surface area contributed by atoms with Crippen molar-refractivity contribution >= 4 is 28.5 Å². The van der Waals surface area contributed by atoms with Crippen LogP contribution in [-0.4, -0.2) is 36.3 Å². The number of nitrogens with zero attached hydrogens (tertiary/aromatic N) is 4. The molecule has 9 heteroatoms. The smallest absolute Gasteiger partial charge is 0.333 e. The van der Waals surface area contributed by atoms with Gasteiger partial charge in [-0.05, 0) is 74.4 Å². The third-order valence-electron chi connectivity index (χ3n) is 7.69. The molecule has 1 aliphatic carbocycles. The second-order valence-corrected chi connectivity index (χ2v) is 10.7. The first-order chi connectivity index (χ1) is 19.0. The summed E-state index contributed by atoms with van der Waals surface area (Å²) < 4.78 is 3.70. The van der Waals surface area contributed by atoms with Crippen LogP contribution in [0.4, 0.5) is 0 Å². The van der Waals surface area contributed by atoms with E-state index in [9.17, 15) is 9.59 Å². The van der Waals surface area contributed by atoms with Crippen molar-refractivity contribution in [2.24, 2.45) is 5.92 Å². The van der Waals surface area contributed by atoms with E-state index < -0.39 is 0 Å². The minimum Gasteiger partial charge on any atom is -0.349 e. The lowest BCUT2D eigenvalue weighted by atomic mass is 9.85. The molecule has 2 N–H and O–H groups in total. The molecule has 8 nitrogen and oxygen atoms in total. The van der Waals surface area contributed by atoms with E-state index >= 15 is 0 Å². The summed E-state index contributed by atoms with van der Waals surface area (Å²) in [7, 11) is 0. The maximum Gasteiger partial charge on any atom is 0.333 e. The SMILES string of the molecule is Cc1ncc(Cl)cc1C(=O)NC1CCC(Cn2c(=O)n(-c3cccc(-c4cn[nH]c4)c3)c3ccccc32)CC1. The van der Waals surface area contributed by atoms with Crippen molar-refractivity contribution in [3.05, 3.63) is 100.0 Å². The molecular weight excluding hydrogens is 512 g/mol. The van der Waals surface area contributed by atoms with Crippen LogP contribution in [0.3, 0.4) is 0 Å². The first-order valence-electron chi connectivity index (χ1n) is 13.2. The van der Waals surface area contributed by atoms with Crippen molar-refractivity contribution in [3.63, 3.8) is 0 Å². The number of hydrogen-bond acceptors (Lipinski definition) is 4. The highest BCUT2D eigenvalue weighted by molar-refractivity contribution is 6.30. The van der Waals surface area contributed by atoms with E-state index in [1.54, 1.807) is 23.0 Å². The highest BCUT2D eigenvalue weighted by Crippen LogP contribution is 2.28. The number of nitrogens with one attached hydrogen (secondary N) is 2. The number of rotatable bonds is 6. The molecular formula is C30H29ClN6O2. The number of imidazole rings is 1. The Balaban J connectivity index is 1.20. The lowest BCUT2D eigenvalue weighted by Gasteiger charge is -2.29. The van der Waals surface area contributed by atoms with E-state index in [4.69, 9.17) is 11.6 Å². The zero-order chi connectivity index (χ0) is 26.9. The molecule has 1 aliphatic rings. The molecule has 5 aromatic rings. The number of H-pyrrole nitrogens is 1. The minimum atomic E-state index is -0.136. The van der Waals surface area contributed by atoms with Crippen molar-refractivity contribution < 1.29 is 4.79 Å². The predicted molar refractivity (Wildman–Crippen MR) is 152 cm³/mol. The largest absolute Gasteiger partial charge is 0.349 e. The van der Waals surface area contributed by atoms with Crippen LogP contribution in [-0.2, 0) is 6.54 Å². The van der Waals surface area contributed by atoms with Gasteiger partial charge in [0.15, 0.2) is 0 Å². The Bertz CT molecular complexity index is 1700. The van der Waals surface area contributed by atoms with E-state index in [1.165, 1.54) is 0 Å². The molecule has 198 valence electrons. The molecule has 6 rings (SSSR count). The number of fused-ring (bicyclic) bond motifs is 1. The molecule has 39 heavy (non-hydrogen) atoms. The third-order valence-corrected chi connectivity index (χ3v) is 7.90. The summed E-state index contributed by atoms with van der Waals surface area (Å²) in [6.07, 6.45) is 8.76. The maximum atomic E-state index is 13.8. The van der Waals surface area contributed by atoms with Crippen molar-refractivity contribution in [1.29, 1.82) is 0 Å². The Kier molecular flexibility index (Phi) is 6.79. The van der Waals surface area contributed by atoms with Gasteiger partial charge in [0.1, 0.15) is 0 Å². The zero-order valence-corrected chi connectivity index (χ0v) is 22.4. The van der Waals surface area contributed by atoms with E-state index in [0.717, 1.165) is 53.5 Å². The number of carbonyl (C=O) groups is 1. The van der Waals surface area contributed by atoms with Gasteiger partial charge in [0, 0.05) is 30.5 Å². The quantitative estimate of drug-likeness (QED) is 0.296. The summed E-state index contributed by atoms with van der Waals surface area (Å²) >= 11 is 6.05. The standard InChI is InChI=1S/C30H29ClN6O2/c1-19-26(14-23(31)17-32-19)29(38)35-24-11-9-20(10-12-24)18-36-27-7-2-3-8-28(27)37(30(36)39)25-6-4-5-21(13-25)22-15-33-34-16-22/h2-8,13-17,20,24H,9-12,18H2,1H3,(H,33,34)(H,35,38). The molecule has 3 aromatic heterocycles. The second kappa shape index (κ2) is 10.5. The van der Waals surface area contributed by atoms with Crippen LogP contribution < -0.4 is 11.0 Å². The highest BCUT2D eigenvalue weighted by Gasteiger charge is 2.25. The number of hydrogen-bond donors (Lipinski definition) is 2. The van der Waals surface area contributed by atoms with E-state index in [2.05, 4.69) is 20.5 Å². The van der Waals surface area contributed by atoms with Crippen molar-refractivity contribution in [2.75, 3.05) is 0 Å². The number of amides is 1. The van der Waals surface area contributed by atoms with Gasteiger partial charge in [-0.2, -0.15) is 5.10 Å². The summed E-state index contributed by atoms with van der Waals surface area (Å²) in [5.74, 6) is 0.213. The van der Waals surface area contributed by atoms with Crippen molar-refractivity contribution in [3.8, 4) is 16.8 Å². The summed E-state index contributed by atoms with van der Waals surface area (Å²) in [6.45, 7) is 2.45. The average molecular weight is 541 g/mol. The van der Waals surface area contributed by atoms with Gasteiger partial charge in [0.05, 0.1) is 39.2 Å². The Labute approximate surface area is 230 Å². The molecule has 2 aromatic carbocycles. The first kappa shape index (κ1) is 25.1.